The van der Waals surface area contributed by atoms with Gasteiger partial charge in [-0.15, -0.1) is 0 Å². The smallest absolute Gasteiger partial charge is 0.410 e. The Labute approximate surface area is 225 Å². The van der Waals surface area contributed by atoms with Crippen molar-refractivity contribution in [2.75, 3.05) is 6.54 Å². The molecular weight excluding hydrogens is 502 g/mol. The lowest BCUT2D eigenvalue weighted by atomic mass is 10.2. The average Bonchev–Trinajstić information content (AvgIpc) is 3.45. The van der Waals surface area contributed by atoms with Crippen LogP contribution in [-0.4, -0.2) is 57.3 Å². The number of ether oxygens (including phenoxy) is 3. The summed E-state index contributed by atoms with van der Waals surface area (Å²) in [5, 5.41) is 12.7. The highest BCUT2D eigenvalue weighted by atomic mass is 16.6. The van der Waals surface area contributed by atoms with Crippen LogP contribution in [-0.2, 0) is 9.53 Å². The van der Waals surface area contributed by atoms with Crippen LogP contribution in [0.3, 0.4) is 0 Å². The summed E-state index contributed by atoms with van der Waals surface area (Å²) in [6.07, 6.45) is -1.40. The van der Waals surface area contributed by atoms with Crippen LogP contribution >= 0.6 is 0 Å². The van der Waals surface area contributed by atoms with Gasteiger partial charge in [0.15, 0.2) is 5.82 Å². The molecule has 0 spiro atoms. The average molecular weight is 533 g/mol. The summed E-state index contributed by atoms with van der Waals surface area (Å²) in [5.74, 6) is -0.102. The maximum absolute atomic E-state index is 12.7. The Balaban J connectivity index is 1.51. The highest BCUT2D eigenvalue weighted by Crippen LogP contribution is 2.36. The molecule has 2 aromatic carbocycles. The summed E-state index contributed by atoms with van der Waals surface area (Å²) in [6.45, 7) is 9.03. The number of benzene rings is 2. The molecule has 1 fully saturated rings. The van der Waals surface area contributed by atoms with Crippen molar-refractivity contribution in [1.82, 2.24) is 14.9 Å². The Kier molecular flexibility index (Phi) is 6.80. The predicted molar refractivity (Wildman–Crippen MR) is 141 cm³/mol. The third-order valence-corrected chi connectivity index (χ3v) is 6.11. The van der Waals surface area contributed by atoms with Crippen LogP contribution in [0.2, 0.25) is 0 Å². The quantitative estimate of drug-likeness (QED) is 0.356. The van der Waals surface area contributed by atoms with Crippen molar-refractivity contribution < 1.29 is 33.3 Å². The van der Waals surface area contributed by atoms with E-state index in [4.69, 9.17) is 23.6 Å². The second-order valence-corrected chi connectivity index (χ2v) is 10.8. The van der Waals surface area contributed by atoms with Gasteiger partial charge in [-0.3, -0.25) is 4.90 Å². The van der Waals surface area contributed by atoms with Gasteiger partial charge in [0, 0.05) is 17.4 Å². The molecule has 0 saturated carbocycles. The van der Waals surface area contributed by atoms with E-state index >= 15 is 0 Å². The van der Waals surface area contributed by atoms with Crippen molar-refractivity contribution in [3.05, 3.63) is 48.5 Å². The van der Waals surface area contributed by atoms with E-state index in [9.17, 15) is 14.7 Å². The lowest BCUT2D eigenvalue weighted by Gasteiger charge is -2.28. The minimum atomic E-state index is -1.38. The SMILES string of the molecule is CC(C)Oc1ccc(-c2nc(O[C@@H]3C[C@@H](C(=O)[O-])N(C(=O)OC(C)(C)C)C3)c3oc4ccccc4c3n2)cc1. The van der Waals surface area contributed by atoms with E-state index in [0.717, 1.165) is 21.6 Å². The number of rotatable bonds is 6. The summed E-state index contributed by atoms with van der Waals surface area (Å²) in [6, 6.07) is 13.7. The Bertz CT molecular complexity index is 1520. The molecule has 3 heterocycles. The number of aliphatic carboxylic acids is 1. The van der Waals surface area contributed by atoms with Gasteiger partial charge in [-0.25, -0.2) is 9.78 Å². The topological polar surface area (TPSA) is 127 Å². The van der Waals surface area contributed by atoms with E-state index < -0.39 is 29.8 Å². The Hall–Kier alpha value is -4.34. The van der Waals surface area contributed by atoms with Gasteiger partial charge in [-0.05, 0) is 71.0 Å². The van der Waals surface area contributed by atoms with Crippen molar-refractivity contribution in [2.24, 2.45) is 0 Å². The van der Waals surface area contributed by atoms with Crippen LogP contribution in [0.25, 0.3) is 33.5 Å². The molecule has 1 aliphatic heterocycles. The third kappa shape index (κ3) is 5.59. The normalized spacial score (nSPS) is 17.6. The Morgan fingerprint density at radius 2 is 1.79 bits per heavy atom. The Morgan fingerprint density at radius 1 is 1.08 bits per heavy atom. The summed E-state index contributed by atoms with van der Waals surface area (Å²) in [4.78, 5) is 35.2. The number of carbonyl (C=O) groups is 2. The van der Waals surface area contributed by atoms with Crippen molar-refractivity contribution in [3.63, 3.8) is 0 Å². The first-order chi connectivity index (χ1) is 18.5. The van der Waals surface area contributed by atoms with Crippen molar-refractivity contribution >= 4 is 34.1 Å². The maximum atomic E-state index is 12.7. The molecule has 1 aliphatic rings. The fourth-order valence-electron chi connectivity index (χ4n) is 4.52. The minimum absolute atomic E-state index is 0.00384. The van der Waals surface area contributed by atoms with E-state index in [1.165, 1.54) is 0 Å². The van der Waals surface area contributed by atoms with Crippen molar-refractivity contribution in [2.45, 2.75) is 64.9 Å². The number of aromatic nitrogens is 2. The molecule has 5 rings (SSSR count). The maximum Gasteiger partial charge on any atom is 0.410 e. The number of carbonyl (C=O) groups excluding carboxylic acids is 2. The molecular formula is C29H30N3O7-. The molecule has 0 bridgehead atoms. The van der Waals surface area contributed by atoms with Crippen LogP contribution in [0.15, 0.2) is 52.9 Å². The van der Waals surface area contributed by atoms with Crippen LogP contribution < -0.4 is 14.6 Å². The highest BCUT2D eigenvalue weighted by Gasteiger charge is 2.40. The van der Waals surface area contributed by atoms with Gasteiger partial charge in [0.25, 0.3) is 5.88 Å². The largest absolute Gasteiger partial charge is 0.548 e. The van der Waals surface area contributed by atoms with E-state index in [2.05, 4.69) is 4.98 Å². The van der Waals surface area contributed by atoms with E-state index in [-0.39, 0.29) is 24.9 Å². The van der Waals surface area contributed by atoms with Gasteiger partial charge < -0.3 is 28.5 Å². The lowest BCUT2D eigenvalue weighted by Crippen LogP contribution is -2.48. The number of hydrogen-bond acceptors (Lipinski definition) is 9. The van der Waals surface area contributed by atoms with Crippen molar-refractivity contribution in [1.29, 1.82) is 0 Å². The second-order valence-electron chi connectivity index (χ2n) is 10.8. The molecule has 0 aliphatic carbocycles. The first-order valence-electron chi connectivity index (χ1n) is 12.8. The minimum Gasteiger partial charge on any atom is -0.548 e. The van der Waals surface area contributed by atoms with Crippen LogP contribution in [0.4, 0.5) is 4.79 Å². The molecule has 0 radical (unpaired) electrons. The first kappa shape index (κ1) is 26.3. The third-order valence-electron chi connectivity index (χ3n) is 6.11. The Morgan fingerprint density at radius 3 is 2.46 bits per heavy atom. The monoisotopic (exact) mass is 532 g/mol. The molecule has 0 unspecified atom stereocenters. The molecule has 39 heavy (non-hydrogen) atoms. The van der Waals surface area contributed by atoms with Gasteiger partial charge >= 0.3 is 6.09 Å². The van der Waals surface area contributed by atoms with Crippen molar-refractivity contribution in [3.8, 4) is 23.0 Å². The molecule has 10 heteroatoms. The van der Waals surface area contributed by atoms with E-state index in [1.54, 1.807) is 20.8 Å². The highest BCUT2D eigenvalue weighted by molar-refractivity contribution is 6.04. The van der Waals surface area contributed by atoms with Crippen LogP contribution in [0, 0.1) is 0 Å². The number of likely N-dealkylation sites (tertiary alicyclic amines) is 1. The molecule has 2 atom stereocenters. The summed E-state index contributed by atoms with van der Waals surface area (Å²) < 4.78 is 23.4. The van der Waals surface area contributed by atoms with Gasteiger partial charge in [0.2, 0.25) is 5.58 Å². The zero-order chi connectivity index (χ0) is 27.9. The van der Waals surface area contributed by atoms with E-state index in [0.29, 0.717) is 22.5 Å². The number of amides is 1. The van der Waals surface area contributed by atoms with Gasteiger partial charge in [-0.2, -0.15) is 4.98 Å². The van der Waals surface area contributed by atoms with Gasteiger partial charge in [0.05, 0.1) is 24.7 Å². The molecule has 2 aromatic heterocycles. The fourth-order valence-corrected chi connectivity index (χ4v) is 4.52. The zero-order valence-corrected chi connectivity index (χ0v) is 22.5. The molecule has 1 amide bonds. The molecule has 204 valence electrons. The first-order valence-corrected chi connectivity index (χ1v) is 12.8. The standard InChI is InChI=1S/C29H31N3O7/c1-16(2)36-18-12-10-17(11-13-18)25-30-23-20-8-6-7-9-22(20)38-24(23)26(31-25)37-19-14-21(27(33)34)32(15-19)28(35)39-29(3,4)5/h6-13,16,19,21H,14-15H2,1-5H3,(H,33,34)/p-1/t19-,21+/m1/s1. The summed E-state index contributed by atoms with van der Waals surface area (Å²) >= 11 is 0. The van der Waals surface area contributed by atoms with Gasteiger partial charge in [-0.1, -0.05) is 12.1 Å². The number of carboxylic acids is 1. The molecule has 10 nitrogen and oxygen atoms in total. The predicted octanol–water partition coefficient (Wildman–Crippen LogP) is 4.34. The molecule has 4 aromatic rings. The zero-order valence-electron chi connectivity index (χ0n) is 22.5. The second kappa shape index (κ2) is 10.1. The number of hydrogen-bond donors (Lipinski definition) is 0. The van der Waals surface area contributed by atoms with E-state index in [1.807, 2.05) is 62.4 Å². The number of fused-ring (bicyclic) bond motifs is 3. The lowest BCUT2D eigenvalue weighted by molar-refractivity contribution is -0.310. The van der Waals surface area contributed by atoms with Gasteiger partial charge in [0.1, 0.15) is 28.6 Å². The van der Waals surface area contributed by atoms with Crippen LogP contribution in [0.1, 0.15) is 41.0 Å². The number of furan rings is 1. The molecule has 0 N–H and O–H groups in total. The summed E-state index contributed by atoms with van der Waals surface area (Å²) in [5.41, 5.74) is 1.45. The fraction of sp³-hybridized carbons (Fsp3) is 0.379. The molecule has 1 saturated heterocycles. The van der Waals surface area contributed by atoms with Crippen LogP contribution in [0.5, 0.6) is 11.6 Å². The number of carboxylic acid groups (broad SMARTS) is 1. The number of para-hydroxylation sites is 1. The number of nitrogens with zero attached hydrogens (tertiary/aromatic N) is 3. The summed E-state index contributed by atoms with van der Waals surface area (Å²) in [7, 11) is 0.